The second-order valence-electron chi connectivity index (χ2n) is 3.92. The molecule has 0 spiro atoms. The summed E-state index contributed by atoms with van der Waals surface area (Å²) in [6.45, 7) is 4.36. The predicted molar refractivity (Wildman–Crippen MR) is 67.3 cm³/mol. The van der Waals surface area contributed by atoms with Crippen molar-refractivity contribution < 1.29 is 4.74 Å². The quantitative estimate of drug-likeness (QED) is 0.179. The van der Waals surface area contributed by atoms with E-state index in [4.69, 9.17) is 10.6 Å². The second-order valence-corrected chi connectivity index (χ2v) is 3.92. The van der Waals surface area contributed by atoms with Crippen LogP contribution < -0.4 is 16.6 Å². The number of hydrazine groups is 1. The standard InChI is InChI=1S/C10H25N5O/c1-9(15(2)3)8-13-10(14-11)12-6-5-7-16-4/h9H,5-8,11H2,1-4H3,(H2,12,13,14). The molecule has 6 nitrogen and oxygen atoms in total. The first-order valence-corrected chi connectivity index (χ1v) is 5.52. The first-order valence-electron chi connectivity index (χ1n) is 5.52. The molecule has 0 aliphatic rings. The number of guanidine groups is 1. The molecular formula is C10H25N5O. The Bertz CT molecular complexity index is 196. The Morgan fingerprint density at radius 3 is 2.69 bits per heavy atom. The largest absolute Gasteiger partial charge is 0.385 e. The van der Waals surface area contributed by atoms with Crippen LogP contribution in [0.2, 0.25) is 0 Å². The zero-order valence-corrected chi connectivity index (χ0v) is 10.8. The highest BCUT2D eigenvalue weighted by molar-refractivity contribution is 5.79. The number of nitrogens with two attached hydrogens (primary N) is 1. The van der Waals surface area contributed by atoms with Crippen molar-refractivity contribution in [3.05, 3.63) is 0 Å². The number of nitrogens with zero attached hydrogens (tertiary/aromatic N) is 2. The summed E-state index contributed by atoms with van der Waals surface area (Å²) in [7, 11) is 5.75. The van der Waals surface area contributed by atoms with Crippen molar-refractivity contribution in [3.8, 4) is 0 Å². The van der Waals surface area contributed by atoms with Gasteiger partial charge in [0.25, 0.3) is 0 Å². The third-order valence-electron chi connectivity index (χ3n) is 2.35. The summed E-state index contributed by atoms with van der Waals surface area (Å²) in [5, 5.41) is 3.11. The first-order chi connectivity index (χ1) is 7.61. The molecule has 0 aromatic carbocycles. The van der Waals surface area contributed by atoms with Gasteiger partial charge in [-0.2, -0.15) is 0 Å². The number of hydrogen-bond donors (Lipinski definition) is 3. The van der Waals surface area contributed by atoms with Crippen molar-refractivity contribution in [2.24, 2.45) is 10.8 Å². The van der Waals surface area contributed by atoms with Crippen LogP contribution >= 0.6 is 0 Å². The molecule has 0 saturated carbocycles. The van der Waals surface area contributed by atoms with Gasteiger partial charge >= 0.3 is 0 Å². The van der Waals surface area contributed by atoms with Gasteiger partial charge in [-0.05, 0) is 27.4 Å². The van der Waals surface area contributed by atoms with Gasteiger partial charge in [0.15, 0.2) is 0 Å². The zero-order chi connectivity index (χ0) is 12.4. The predicted octanol–water partition coefficient (Wildman–Crippen LogP) is -0.618. The van der Waals surface area contributed by atoms with Crippen LogP contribution in [-0.4, -0.2) is 57.8 Å². The highest BCUT2D eigenvalue weighted by Crippen LogP contribution is 1.91. The Morgan fingerprint density at radius 1 is 1.50 bits per heavy atom. The first kappa shape index (κ1) is 15.2. The van der Waals surface area contributed by atoms with Gasteiger partial charge in [0.1, 0.15) is 0 Å². The van der Waals surface area contributed by atoms with Gasteiger partial charge in [-0.1, -0.05) is 0 Å². The van der Waals surface area contributed by atoms with Crippen molar-refractivity contribution in [1.82, 2.24) is 15.6 Å². The Hall–Kier alpha value is -0.850. The lowest BCUT2D eigenvalue weighted by Crippen LogP contribution is -2.43. The molecule has 96 valence electrons. The second kappa shape index (κ2) is 9.38. The molecule has 0 aromatic rings. The molecule has 0 bridgehead atoms. The van der Waals surface area contributed by atoms with Crippen LogP contribution in [-0.2, 0) is 4.74 Å². The van der Waals surface area contributed by atoms with Crippen LogP contribution in [0.5, 0.6) is 0 Å². The molecule has 1 unspecified atom stereocenters. The van der Waals surface area contributed by atoms with E-state index in [9.17, 15) is 0 Å². The van der Waals surface area contributed by atoms with Crippen molar-refractivity contribution in [3.63, 3.8) is 0 Å². The van der Waals surface area contributed by atoms with E-state index < -0.39 is 0 Å². The lowest BCUT2D eigenvalue weighted by Gasteiger charge is -2.18. The average Bonchev–Trinajstić information content (AvgIpc) is 2.27. The average molecular weight is 231 g/mol. The van der Waals surface area contributed by atoms with Crippen molar-refractivity contribution in [2.75, 3.05) is 40.9 Å². The van der Waals surface area contributed by atoms with Gasteiger partial charge < -0.3 is 15.0 Å². The van der Waals surface area contributed by atoms with Crippen molar-refractivity contribution in [2.45, 2.75) is 19.4 Å². The summed E-state index contributed by atoms with van der Waals surface area (Å²) >= 11 is 0. The monoisotopic (exact) mass is 231 g/mol. The van der Waals surface area contributed by atoms with Crippen LogP contribution in [0.15, 0.2) is 4.99 Å². The van der Waals surface area contributed by atoms with Crippen LogP contribution in [0.25, 0.3) is 0 Å². The third-order valence-corrected chi connectivity index (χ3v) is 2.35. The maximum atomic E-state index is 5.36. The van der Waals surface area contributed by atoms with Crippen LogP contribution in [0.3, 0.4) is 0 Å². The van der Waals surface area contributed by atoms with E-state index in [0.717, 1.165) is 19.6 Å². The van der Waals surface area contributed by atoms with E-state index in [-0.39, 0.29) is 0 Å². The maximum absolute atomic E-state index is 5.36. The topological polar surface area (TPSA) is 74.9 Å². The van der Waals surface area contributed by atoms with Crippen LogP contribution in [0.4, 0.5) is 0 Å². The molecule has 0 aromatic heterocycles. The van der Waals surface area contributed by atoms with Crippen LogP contribution in [0.1, 0.15) is 13.3 Å². The lowest BCUT2D eigenvalue weighted by atomic mass is 10.3. The fourth-order valence-corrected chi connectivity index (χ4v) is 0.963. The Balaban J connectivity index is 3.83. The lowest BCUT2D eigenvalue weighted by molar-refractivity contribution is 0.195. The Morgan fingerprint density at radius 2 is 2.19 bits per heavy atom. The van der Waals surface area contributed by atoms with Crippen LogP contribution in [0, 0.1) is 0 Å². The molecule has 16 heavy (non-hydrogen) atoms. The van der Waals surface area contributed by atoms with Gasteiger partial charge in [0.05, 0.1) is 6.54 Å². The number of methoxy groups -OCH3 is 1. The van der Waals surface area contributed by atoms with Crippen molar-refractivity contribution >= 4 is 5.96 Å². The van der Waals surface area contributed by atoms with E-state index in [2.05, 4.69) is 27.6 Å². The maximum Gasteiger partial charge on any atom is 0.205 e. The number of ether oxygens (including phenoxy) is 1. The molecule has 0 aliphatic carbocycles. The number of likely N-dealkylation sites (N-methyl/N-ethyl adjacent to an activating group) is 1. The van der Waals surface area contributed by atoms with E-state index in [1.54, 1.807) is 7.11 Å². The van der Waals surface area contributed by atoms with Crippen molar-refractivity contribution in [1.29, 1.82) is 0 Å². The number of aliphatic imine (C=N–C) groups is 1. The van der Waals surface area contributed by atoms with E-state index in [1.165, 1.54) is 0 Å². The molecule has 1 atom stereocenters. The molecule has 0 heterocycles. The molecule has 0 fully saturated rings. The van der Waals surface area contributed by atoms with Gasteiger partial charge in [-0.25, -0.2) is 5.84 Å². The van der Waals surface area contributed by atoms with Gasteiger partial charge in [0, 0.05) is 26.3 Å². The summed E-state index contributed by atoms with van der Waals surface area (Å²) in [6.07, 6.45) is 0.931. The molecule has 0 saturated heterocycles. The highest BCUT2D eigenvalue weighted by Gasteiger charge is 2.03. The molecule has 6 heteroatoms. The SMILES string of the molecule is COCCCNC(=NCC(C)N(C)C)NN. The third kappa shape index (κ3) is 7.44. The number of nitrogens with one attached hydrogen (secondary N) is 2. The molecular weight excluding hydrogens is 206 g/mol. The molecule has 0 rings (SSSR count). The number of rotatable bonds is 7. The minimum absolute atomic E-state index is 0.393. The Labute approximate surface area is 98.2 Å². The van der Waals surface area contributed by atoms with Gasteiger partial charge in [-0.3, -0.25) is 10.4 Å². The summed E-state index contributed by atoms with van der Waals surface area (Å²) < 4.78 is 4.95. The molecule has 4 N–H and O–H groups in total. The smallest absolute Gasteiger partial charge is 0.205 e. The Kier molecular flexibility index (Phi) is 8.88. The fraction of sp³-hybridized carbons (Fsp3) is 0.900. The molecule has 0 aliphatic heterocycles. The van der Waals surface area contributed by atoms with Gasteiger partial charge in [0.2, 0.25) is 5.96 Å². The summed E-state index contributed by atoms with van der Waals surface area (Å²) in [4.78, 5) is 6.46. The van der Waals surface area contributed by atoms with E-state index in [1.807, 2.05) is 14.1 Å². The summed E-state index contributed by atoms with van der Waals surface area (Å²) in [5.41, 5.74) is 2.55. The molecule has 0 radical (unpaired) electrons. The number of hydrogen-bond acceptors (Lipinski definition) is 4. The van der Waals surface area contributed by atoms with Gasteiger partial charge in [-0.15, -0.1) is 0 Å². The van der Waals surface area contributed by atoms with E-state index >= 15 is 0 Å². The van der Waals surface area contributed by atoms with E-state index in [0.29, 0.717) is 18.5 Å². The molecule has 0 amide bonds. The normalized spacial score (nSPS) is 14.0. The summed E-state index contributed by atoms with van der Waals surface area (Å²) in [5.74, 6) is 5.99. The summed E-state index contributed by atoms with van der Waals surface area (Å²) in [6, 6.07) is 0.393. The highest BCUT2D eigenvalue weighted by atomic mass is 16.5. The zero-order valence-electron chi connectivity index (χ0n) is 10.8. The minimum Gasteiger partial charge on any atom is -0.385 e. The fourth-order valence-electron chi connectivity index (χ4n) is 0.963. The minimum atomic E-state index is 0.393.